The predicted octanol–water partition coefficient (Wildman–Crippen LogP) is -0.0547. The molecule has 1 aliphatic heterocycles. The Morgan fingerprint density at radius 3 is 2.54 bits per heavy atom. The second-order valence-electron chi connectivity index (χ2n) is 6.32. The standard InChI is InChI=1S/C19H23N3O4/c1-25-16-6-4-15(5-7-16)14-21-8-10-22(11-9-21)18(23)13-20-19(24)17-3-2-12-26-17/h2-7,12H,8-11,13-14H2,1H3,(H,20,24)/p+1. The van der Waals surface area contributed by atoms with Crippen LogP contribution in [0.15, 0.2) is 47.1 Å². The van der Waals surface area contributed by atoms with Crippen molar-refractivity contribution in [1.82, 2.24) is 10.2 Å². The maximum Gasteiger partial charge on any atom is 0.287 e. The third kappa shape index (κ3) is 4.64. The lowest BCUT2D eigenvalue weighted by molar-refractivity contribution is -0.917. The van der Waals surface area contributed by atoms with Gasteiger partial charge in [-0.3, -0.25) is 9.59 Å². The number of benzene rings is 1. The molecule has 7 nitrogen and oxygen atoms in total. The van der Waals surface area contributed by atoms with Crippen molar-refractivity contribution in [2.24, 2.45) is 0 Å². The number of carbonyl (C=O) groups is 2. The number of hydrogen-bond acceptors (Lipinski definition) is 4. The summed E-state index contributed by atoms with van der Waals surface area (Å²) in [7, 11) is 1.66. The highest BCUT2D eigenvalue weighted by Gasteiger charge is 2.24. The first-order chi connectivity index (χ1) is 12.7. The van der Waals surface area contributed by atoms with Gasteiger partial charge in [0.15, 0.2) is 5.76 Å². The van der Waals surface area contributed by atoms with Crippen LogP contribution in [0.2, 0.25) is 0 Å². The zero-order valence-electron chi connectivity index (χ0n) is 14.9. The van der Waals surface area contributed by atoms with Gasteiger partial charge in [0.2, 0.25) is 5.91 Å². The molecular weight excluding hydrogens is 334 g/mol. The number of piperazine rings is 1. The molecule has 0 aliphatic carbocycles. The maximum atomic E-state index is 12.3. The van der Waals surface area contributed by atoms with E-state index in [4.69, 9.17) is 9.15 Å². The summed E-state index contributed by atoms with van der Waals surface area (Å²) in [4.78, 5) is 27.3. The topological polar surface area (TPSA) is 76.2 Å². The molecular formula is C19H24N3O4+. The molecule has 2 amide bonds. The molecule has 0 unspecified atom stereocenters. The van der Waals surface area contributed by atoms with Crippen molar-refractivity contribution in [2.75, 3.05) is 39.8 Å². The summed E-state index contributed by atoms with van der Waals surface area (Å²) in [5.41, 5.74) is 1.26. The third-order valence-corrected chi connectivity index (χ3v) is 4.58. The van der Waals surface area contributed by atoms with Gasteiger partial charge in [0.1, 0.15) is 12.3 Å². The average molecular weight is 358 g/mol. The minimum Gasteiger partial charge on any atom is -0.497 e. The van der Waals surface area contributed by atoms with Crippen molar-refractivity contribution >= 4 is 11.8 Å². The number of ether oxygens (including phenoxy) is 1. The Labute approximate surface area is 152 Å². The van der Waals surface area contributed by atoms with Gasteiger partial charge in [-0.2, -0.15) is 0 Å². The first-order valence-electron chi connectivity index (χ1n) is 8.71. The van der Waals surface area contributed by atoms with Gasteiger partial charge in [0.05, 0.1) is 46.1 Å². The van der Waals surface area contributed by atoms with Gasteiger partial charge in [-0.1, -0.05) is 0 Å². The van der Waals surface area contributed by atoms with Crippen molar-refractivity contribution in [3.63, 3.8) is 0 Å². The van der Waals surface area contributed by atoms with Gasteiger partial charge in [-0.15, -0.1) is 0 Å². The van der Waals surface area contributed by atoms with E-state index in [1.807, 2.05) is 12.1 Å². The van der Waals surface area contributed by atoms with Crippen LogP contribution in [0.4, 0.5) is 0 Å². The smallest absolute Gasteiger partial charge is 0.287 e. The molecule has 26 heavy (non-hydrogen) atoms. The van der Waals surface area contributed by atoms with Gasteiger partial charge in [0.25, 0.3) is 5.91 Å². The number of hydrogen-bond donors (Lipinski definition) is 2. The van der Waals surface area contributed by atoms with Crippen molar-refractivity contribution in [1.29, 1.82) is 0 Å². The molecule has 2 aromatic rings. The van der Waals surface area contributed by atoms with Crippen LogP contribution in [-0.2, 0) is 11.3 Å². The molecule has 2 heterocycles. The lowest BCUT2D eigenvalue weighted by atomic mass is 10.2. The van der Waals surface area contributed by atoms with Crippen LogP contribution in [0.1, 0.15) is 16.1 Å². The van der Waals surface area contributed by atoms with Crippen molar-refractivity contribution < 1.29 is 23.6 Å². The Hall–Kier alpha value is -2.80. The van der Waals surface area contributed by atoms with Crippen LogP contribution in [0.5, 0.6) is 5.75 Å². The molecule has 0 spiro atoms. The van der Waals surface area contributed by atoms with E-state index in [1.54, 1.807) is 24.1 Å². The number of rotatable bonds is 6. The third-order valence-electron chi connectivity index (χ3n) is 4.58. The highest BCUT2D eigenvalue weighted by atomic mass is 16.5. The Bertz CT molecular complexity index is 720. The molecule has 1 aromatic carbocycles. The molecule has 1 saturated heterocycles. The van der Waals surface area contributed by atoms with Crippen LogP contribution in [0, 0.1) is 0 Å². The van der Waals surface area contributed by atoms with Crippen LogP contribution in [0.25, 0.3) is 0 Å². The molecule has 138 valence electrons. The zero-order valence-corrected chi connectivity index (χ0v) is 14.9. The number of furan rings is 1. The minimum atomic E-state index is -0.368. The second kappa shape index (κ2) is 8.53. The van der Waals surface area contributed by atoms with E-state index in [2.05, 4.69) is 17.4 Å². The fraction of sp³-hybridized carbons (Fsp3) is 0.368. The average Bonchev–Trinajstić information content (AvgIpc) is 3.22. The largest absolute Gasteiger partial charge is 0.497 e. The van der Waals surface area contributed by atoms with E-state index in [0.29, 0.717) is 13.1 Å². The predicted molar refractivity (Wildman–Crippen MR) is 95.0 cm³/mol. The molecule has 3 rings (SSSR count). The summed E-state index contributed by atoms with van der Waals surface area (Å²) in [6.45, 7) is 4.10. The molecule has 0 bridgehead atoms. The fourth-order valence-corrected chi connectivity index (χ4v) is 3.04. The van der Waals surface area contributed by atoms with Crippen LogP contribution in [-0.4, -0.2) is 56.5 Å². The maximum absolute atomic E-state index is 12.3. The van der Waals surface area contributed by atoms with E-state index in [1.165, 1.54) is 16.7 Å². The van der Waals surface area contributed by atoms with Crippen molar-refractivity contribution in [3.05, 3.63) is 54.0 Å². The molecule has 0 radical (unpaired) electrons. The lowest BCUT2D eigenvalue weighted by Crippen LogP contribution is -3.13. The SMILES string of the molecule is COc1ccc(C[NH+]2CCN(C(=O)CNC(=O)c3ccco3)CC2)cc1. The van der Waals surface area contributed by atoms with E-state index in [9.17, 15) is 9.59 Å². The Morgan fingerprint density at radius 1 is 1.19 bits per heavy atom. The molecule has 1 aromatic heterocycles. The highest BCUT2D eigenvalue weighted by Crippen LogP contribution is 2.10. The van der Waals surface area contributed by atoms with Crippen LogP contribution in [0.3, 0.4) is 0 Å². The summed E-state index contributed by atoms with van der Waals surface area (Å²) in [6, 6.07) is 11.3. The van der Waals surface area contributed by atoms with Crippen LogP contribution < -0.4 is 15.0 Å². The Morgan fingerprint density at radius 2 is 1.92 bits per heavy atom. The van der Waals surface area contributed by atoms with Gasteiger partial charge in [-0.05, 0) is 36.4 Å². The normalized spacial score (nSPS) is 14.9. The number of carbonyl (C=O) groups excluding carboxylic acids is 2. The number of quaternary nitrogens is 1. The summed E-state index contributed by atoms with van der Waals surface area (Å²) in [6.07, 6.45) is 1.43. The molecule has 2 N–H and O–H groups in total. The first kappa shape index (κ1) is 18.0. The van der Waals surface area contributed by atoms with E-state index >= 15 is 0 Å². The Balaban J connectivity index is 1.41. The summed E-state index contributed by atoms with van der Waals surface area (Å²) < 4.78 is 10.2. The fourth-order valence-electron chi connectivity index (χ4n) is 3.04. The number of nitrogens with zero attached hydrogens (tertiary/aromatic N) is 1. The van der Waals surface area contributed by atoms with Crippen molar-refractivity contribution in [2.45, 2.75) is 6.54 Å². The highest BCUT2D eigenvalue weighted by molar-refractivity contribution is 5.94. The summed E-state index contributed by atoms with van der Waals surface area (Å²) in [5, 5.41) is 2.60. The van der Waals surface area contributed by atoms with Crippen LogP contribution >= 0.6 is 0 Å². The molecule has 1 aliphatic rings. The second-order valence-corrected chi connectivity index (χ2v) is 6.32. The minimum absolute atomic E-state index is 0.00660. The van der Waals surface area contributed by atoms with Gasteiger partial charge in [-0.25, -0.2) is 0 Å². The van der Waals surface area contributed by atoms with E-state index < -0.39 is 0 Å². The molecule has 1 fully saturated rings. The number of amides is 2. The number of methoxy groups -OCH3 is 1. The van der Waals surface area contributed by atoms with E-state index in [-0.39, 0.29) is 24.1 Å². The summed E-state index contributed by atoms with van der Waals surface area (Å²) >= 11 is 0. The van der Waals surface area contributed by atoms with Crippen molar-refractivity contribution in [3.8, 4) is 5.75 Å². The summed E-state index contributed by atoms with van der Waals surface area (Å²) in [5.74, 6) is 0.642. The monoisotopic (exact) mass is 358 g/mol. The van der Waals surface area contributed by atoms with Gasteiger partial charge < -0.3 is 24.3 Å². The number of nitrogens with one attached hydrogen (secondary N) is 2. The molecule has 0 atom stereocenters. The lowest BCUT2D eigenvalue weighted by Gasteiger charge is -2.32. The quantitative estimate of drug-likeness (QED) is 0.759. The van der Waals surface area contributed by atoms with E-state index in [0.717, 1.165) is 25.4 Å². The first-order valence-corrected chi connectivity index (χ1v) is 8.71. The molecule has 0 saturated carbocycles. The van der Waals surface area contributed by atoms with Gasteiger partial charge in [0, 0.05) is 5.56 Å². The Kier molecular flexibility index (Phi) is 5.91. The zero-order chi connectivity index (χ0) is 18.4. The molecule has 7 heteroatoms. The van der Waals surface area contributed by atoms with Gasteiger partial charge >= 0.3 is 0 Å².